The minimum Gasteiger partial charge on any atom is -0.497 e. The number of aliphatic imine (C=N–C) groups is 4. The first-order valence-corrected chi connectivity index (χ1v) is 22.2. The molecule has 0 radical (unpaired) electrons. The zero-order chi connectivity index (χ0) is 55.8. The van der Waals surface area contributed by atoms with Gasteiger partial charge in [0.15, 0.2) is 11.4 Å². The molecule has 0 unspecified atom stereocenters. The molecular formula is C56H56N4O16. The van der Waals surface area contributed by atoms with Gasteiger partial charge in [0.2, 0.25) is 11.4 Å². The second-order valence-electron chi connectivity index (χ2n) is 14.3. The first-order chi connectivity index (χ1) is 36.7. The second kappa shape index (κ2) is 32.9. The lowest BCUT2D eigenvalue weighted by Gasteiger charge is -2.05. The zero-order valence-electron chi connectivity index (χ0n) is 43.3. The van der Waals surface area contributed by atoms with Crippen molar-refractivity contribution in [3.63, 3.8) is 0 Å². The van der Waals surface area contributed by atoms with Crippen LogP contribution in [0.4, 0.5) is 22.7 Å². The molecule has 0 aliphatic rings. The van der Waals surface area contributed by atoms with Gasteiger partial charge in [0.05, 0.1) is 93.8 Å². The van der Waals surface area contributed by atoms with Gasteiger partial charge in [-0.3, -0.25) is 0 Å². The summed E-state index contributed by atoms with van der Waals surface area (Å²) in [6, 6.07) is 45.8. The Bertz CT molecular complexity index is 2700. The molecule has 0 aliphatic carbocycles. The van der Waals surface area contributed by atoms with Crippen LogP contribution < -0.4 is 18.9 Å². The Labute approximate surface area is 439 Å². The number of benzene rings is 6. The molecule has 6 rings (SSSR count). The van der Waals surface area contributed by atoms with Crippen molar-refractivity contribution >= 4 is 81.4 Å². The Morgan fingerprint density at radius 2 is 0.474 bits per heavy atom. The molecular weight excluding hydrogens is 985 g/mol. The lowest BCUT2D eigenvalue weighted by molar-refractivity contribution is -0.139. The van der Waals surface area contributed by atoms with Crippen LogP contribution in [0.25, 0.3) is 0 Å². The Morgan fingerprint density at radius 3 is 0.671 bits per heavy atom. The molecule has 0 bridgehead atoms. The van der Waals surface area contributed by atoms with Crippen LogP contribution in [-0.2, 0) is 57.2 Å². The fraction of sp³-hybridized carbons (Fsp3) is 0.179. The van der Waals surface area contributed by atoms with Gasteiger partial charge in [0.1, 0.15) is 23.0 Å². The molecule has 76 heavy (non-hydrogen) atoms. The van der Waals surface area contributed by atoms with Crippen LogP contribution in [0.1, 0.15) is 11.1 Å². The molecule has 0 aliphatic heterocycles. The highest BCUT2D eigenvalue weighted by molar-refractivity contribution is 6.63. The van der Waals surface area contributed by atoms with Crippen LogP contribution >= 0.6 is 0 Å². The number of hydrogen-bond donors (Lipinski definition) is 0. The van der Waals surface area contributed by atoms with Crippen molar-refractivity contribution in [1.82, 2.24) is 0 Å². The van der Waals surface area contributed by atoms with Gasteiger partial charge in [-0.15, -0.1) is 0 Å². The van der Waals surface area contributed by atoms with Crippen LogP contribution in [0, 0.1) is 0 Å². The number of carbonyl (C=O) groups excluding carboxylic acids is 6. The highest BCUT2D eigenvalue weighted by Crippen LogP contribution is 2.22. The van der Waals surface area contributed by atoms with E-state index in [4.69, 9.17) is 28.4 Å². The van der Waals surface area contributed by atoms with E-state index in [2.05, 4.69) is 38.9 Å². The maximum atomic E-state index is 11.9. The van der Waals surface area contributed by atoms with Crippen LogP contribution in [0.3, 0.4) is 0 Å². The van der Waals surface area contributed by atoms with Crippen molar-refractivity contribution in [3.8, 4) is 23.0 Å². The summed E-state index contributed by atoms with van der Waals surface area (Å²) in [6.45, 7) is 0. The van der Waals surface area contributed by atoms with Gasteiger partial charge in [-0.2, -0.15) is 0 Å². The van der Waals surface area contributed by atoms with E-state index >= 15 is 0 Å². The number of rotatable bonds is 16. The minimum atomic E-state index is -0.849. The highest BCUT2D eigenvalue weighted by atomic mass is 16.6. The number of ether oxygens (including phenoxy) is 10. The molecule has 6 aromatic carbocycles. The topological polar surface area (TPSA) is 244 Å². The molecule has 20 nitrogen and oxygen atoms in total. The van der Waals surface area contributed by atoms with E-state index in [-0.39, 0.29) is 11.4 Å². The van der Waals surface area contributed by atoms with Gasteiger partial charge in [-0.05, 0) is 97.1 Å². The Kier molecular flexibility index (Phi) is 26.1. The maximum absolute atomic E-state index is 11.9. The van der Waals surface area contributed by atoms with Crippen molar-refractivity contribution < 1.29 is 76.1 Å². The summed E-state index contributed by atoms with van der Waals surface area (Å²) in [5.41, 5.74) is 3.32. The van der Waals surface area contributed by atoms with E-state index in [9.17, 15) is 28.8 Å². The van der Waals surface area contributed by atoms with Gasteiger partial charge < -0.3 is 47.4 Å². The minimum absolute atomic E-state index is 0.276. The molecule has 0 aromatic heterocycles. The van der Waals surface area contributed by atoms with Crippen LogP contribution in [0.5, 0.6) is 23.0 Å². The Morgan fingerprint density at radius 1 is 0.263 bits per heavy atom. The molecule has 0 atom stereocenters. The van der Waals surface area contributed by atoms with E-state index < -0.39 is 47.2 Å². The maximum Gasteiger partial charge on any atom is 0.364 e. The quantitative estimate of drug-likeness (QED) is 0.0384. The van der Waals surface area contributed by atoms with E-state index in [1.165, 1.54) is 28.4 Å². The molecule has 0 spiro atoms. The van der Waals surface area contributed by atoms with Crippen molar-refractivity contribution in [2.24, 2.45) is 20.0 Å². The largest absolute Gasteiger partial charge is 0.497 e. The monoisotopic (exact) mass is 1040 g/mol. The third-order valence-corrected chi connectivity index (χ3v) is 9.62. The molecule has 20 heteroatoms. The molecule has 0 N–H and O–H groups in total. The predicted molar refractivity (Wildman–Crippen MR) is 284 cm³/mol. The normalized spacial score (nSPS) is 10.2. The van der Waals surface area contributed by atoms with Crippen LogP contribution in [0.2, 0.25) is 0 Å². The number of esters is 6. The SMILES string of the molecule is COC(=O)C(=Nc1ccc(OC)cc1)C(=O)OC.COC(=O)C(=Nc1ccc(OC)cc1)C(=O)OC.COC(=O)C(=Nc1ccc(OC)cc1)c1ccccc1.COC(=O)C(=Nc1ccc(OC)cc1)c1ccccc1. The summed E-state index contributed by atoms with van der Waals surface area (Å²) in [6.07, 6.45) is 0. The van der Waals surface area contributed by atoms with Crippen molar-refractivity contribution in [1.29, 1.82) is 0 Å². The number of nitrogens with zero attached hydrogens (tertiary/aromatic N) is 4. The smallest absolute Gasteiger partial charge is 0.364 e. The van der Waals surface area contributed by atoms with E-state index in [1.54, 1.807) is 111 Å². The fourth-order valence-electron chi connectivity index (χ4n) is 5.72. The first-order valence-electron chi connectivity index (χ1n) is 22.2. The first kappa shape index (κ1) is 60.3. The summed E-state index contributed by atoms with van der Waals surface area (Å²) in [5.74, 6) is -1.56. The summed E-state index contributed by atoms with van der Waals surface area (Å²) < 4.78 is 47.5. The average molecular weight is 1040 g/mol. The third kappa shape index (κ3) is 19.6. The van der Waals surface area contributed by atoms with Crippen molar-refractivity contribution in [2.45, 2.75) is 0 Å². The van der Waals surface area contributed by atoms with Gasteiger partial charge in [0, 0.05) is 11.1 Å². The van der Waals surface area contributed by atoms with Gasteiger partial charge in [-0.25, -0.2) is 48.7 Å². The van der Waals surface area contributed by atoms with Crippen molar-refractivity contribution in [3.05, 3.63) is 169 Å². The summed E-state index contributed by atoms with van der Waals surface area (Å²) in [5, 5.41) is 0. The molecule has 0 saturated heterocycles. The molecule has 0 heterocycles. The van der Waals surface area contributed by atoms with E-state index in [1.807, 2.05) is 60.7 Å². The molecule has 396 valence electrons. The average Bonchev–Trinajstić information content (AvgIpc) is 3.48. The highest BCUT2D eigenvalue weighted by Gasteiger charge is 2.23. The van der Waals surface area contributed by atoms with E-state index in [0.717, 1.165) is 51.1 Å². The van der Waals surface area contributed by atoms with Gasteiger partial charge in [0.25, 0.3) is 0 Å². The third-order valence-electron chi connectivity index (χ3n) is 9.62. The van der Waals surface area contributed by atoms with E-state index in [0.29, 0.717) is 34.2 Å². The standard InChI is InChI=1S/2C16H15NO3.2C12H13NO5/c2*1-19-14-10-8-13(9-11-14)17-15(16(18)20-2)12-6-4-3-5-7-12;2*1-16-9-6-4-8(5-7-9)13-10(11(14)17-2)12(15)18-3/h2*3-11H,1-2H3;2*4-7H,1-3H3. The van der Waals surface area contributed by atoms with Gasteiger partial charge in [-0.1, -0.05) is 60.7 Å². The van der Waals surface area contributed by atoms with Gasteiger partial charge >= 0.3 is 35.8 Å². The molecule has 6 aromatic rings. The second-order valence-corrected chi connectivity index (χ2v) is 14.3. The predicted octanol–water partition coefficient (Wildman–Crippen LogP) is 8.21. The fourth-order valence-corrected chi connectivity index (χ4v) is 5.72. The lowest BCUT2D eigenvalue weighted by Crippen LogP contribution is -2.26. The van der Waals surface area contributed by atoms with Crippen LogP contribution in [0.15, 0.2) is 178 Å². The lowest BCUT2D eigenvalue weighted by atomic mass is 10.1. The number of hydrogen-bond acceptors (Lipinski definition) is 20. The molecule has 0 saturated carbocycles. The summed E-state index contributed by atoms with van der Waals surface area (Å²) >= 11 is 0. The molecule has 0 amide bonds. The Balaban J connectivity index is 0.000000267. The zero-order valence-corrected chi connectivity index (χ0v) is 43.3. The summed E-state index contributed by atoms with van der Waals surface area (Å²) in [7, 11) is 13.6. The summed E-state index contributed by atoms with van der Waals surface area (Å²) in [4.78, 5) is 85.7. The number of carbonyl (C=O) groups is 6. The number of methoxy groups -OCH3 is 10. The van der Waals surface area contributed by atoms with Crippen LogP contribution in [-0.4, -0.2) is 130 Å². The van der Waals surface area contributed by atoms with Crippen molar-refractivity contribution in [2.75, 3.05) is 71.1 Å². The Hall–Kier alpha value is -9.98. The molecule has 0 fully saturated rings.